The molecule has 0 spiro atoms. The summed E-state index contributed by atoms with van der Waals surface area (Å²) < 4.78 is 8.68. The van der Waals surface area contributed by atoms with E-state index in [2.05, 4.69) is 10.2 Å². The summed E-state index contributed by atoms with van der Waals surface area (Å²) in [5.74, 6) is -0.270. The summed E-state index contributed by atoms with van der Waals surface area (Å²) in [7, 11) is 1.41. The van der Waals surface area contributed by atoms with Crippen LogP contribution >= 0.6 is 0 Å². The van der Waals surface area contributed by atoms with E-state index in [0.29, 0.717) is 13.3 Å². The van der Waals surface area contributed by atoms with Crippen molar-refractivity contribution in [2.24, 2.45) is 0 Å². The van der Waals surface area contributed by atoms with Crippen molar-refractivity contribution in [3.05, 3.63) is 34.9 Å². The van der Waals surface area contributed by atoms with Crippen LogP contribution in [0.25, 0.3) is 0 Å². The Bertz CT molecular complexity index is 640. The lowest BCUT2D eigenvalue weighted by Crippen LogP contribution is -2.42. The van der Waals surface area contributed by atoms with E-state index in [4.69, 9.17) is 4.74 Å². The standard InChI is InChI=1S/C16H25N5O2/c1-11-7-13(3)20(17-11)9-19(15(5)16(22)23-6)10-21-14(4)8-12(2)18-21/h7-8,15H,9-10H2,1-6H3/t15-/m0/s1. The highest BCUT2D eigenvalue weighted by atomic mass is 16.5. The molecule has 2 aromatic rings. The van der Waals surface area contributed by atoms with Gasteiger partial charge in [-0.15, -0.1) is 0 Å². The van der Waals surface area contributed by atoms with E-state index >= 15 is 0 Å². The maximum Gasteiger partial charge on any atom is 0.322 e. The fraction of sp³-hybridized carbons (Fsp3) is 0.562. The van der Waals surface area contributed by atoms with E-state index in [9.17, 15) is 4.79 Å². The Kier molecular flexibility index (Phi) is 5.20. The third-order valence-corrected chi connectivity index (χ3v) is 3.93. The second kappa shape index (κ2) is 6.95. The molecular weight excluding hydrogens is 294 g/mol. The van der Waals surface area contributed by atoms with Gasteiger partial charge in [0.2, 0.25) is 0 Å². The molecule has 0 radical (unpaired) electrons. The first-order valence-electron chi connectivity index (χ1n) is 7.65. The molecule has 0 bridgehead atoms. The molecule has 7 nitrogen and oxygen atoms in total. The lowest BCUT2D eigenvalue weighted by atomic mass is 10.3. The second-order valence-corrected chi connectivity index (χ2v) is 5.92. The Hall–Kier alpha value is -2.15. The van der Waals surface area contributed by atoms with Crippen molar-refractivity contribution in [1.29, 1.82) is 0 Å². The molecule has 126 valence electrons. The summed E-state index contributed by atoms with van der Waals surface area (Å²) in [6, 6.07) is 3.64. The molecule has 0 amide bonds. The van der Waals surface area contributed by atoms with Crippen molar-refractivity contribution in [3.8, 4) is 0 Å². The molecule has 0 aliphatic carbocycles. The van der Waals surface area contributed by atoms with Crippen molar-refractivity contribution >= 4 is 5.97 Å². The normalized spacial score (nSPS) is 12.7. The van der Waals surface area contributed by atoms with Gasteiger partial charge >= 0.3 is 5.97 Å². The van der Waals surface area contributed by atoms with Crippen molar-refractivity contribution < 1.29 is 9.53 Å². The summed E-state index contributed by atoms with van der Waals surface area (Å²) in [5.41, 5.74) is 4.02. The molecule has 0 aromatic carbocycles. The summed E-state index contributed by atoms with van der Waals surface area (Å²) in [5, 5.41) is 8.96. The van der Waals surface area contributed by atoms with E-state index in [0.717, 1.165) is 22.8 Å². The van der Waals surface area contributed by atoms with Gasteiger partial charge in [-0.3, -0.25) is 19.1 Å². The molecule has 1 atom stereocenters. The molecule has 0 fully saturated rings. The average molecular weight is 319 g/mol. The molecule has 0 saturated heterocycles. The van der Waals surface area contributed by atoms with Gasteiger partial charge in [0, 0.05) is 11.4 Å². The van der Waals surface area contributed by atoms with Crippen LogP contribution in [-0.4, -0.2) is 43.6 Å². The zero-order valence-corrected chi connectivity index (χ0v) is 14.7. The third kappa shape index (κ3) is 3.98. The van der Waals surface area contributed by atoms with Gasteiger partial charge in [-0.1, -0.05) is 0 Å². The number of rotatable bonds is 6. The van der Waals surface area contributed by atoms with E-state index in [1.807, 2.05) is 61.0 Å². The first-order chi connectivity index (χ1) is 10.8. The molecule has 0 N–H and O–H groups in total. The van der Waals surface area contributed by atoms with Gasteiger partial charge in [0.05, 0.1) is 31.8 Å². The number of hydrogen-bond donors (Lipinski definition) is 0. The minimum atomic E-state index is -0.396. The molecule has 0 aliphatic heterocycles. The van der Waals surface area contributed by atoms with Gasteiger partial charge in [-0.05, 0) is 46.8 Å². The smallest absolute Gasteiger partial charge is 0.322 e. The van der Waals surface area contributed by atoms with Crippen LogP contribution in [0.3, 0.4) is 0 Å². The zero-order chi connectivity index (χ0) is 17.1. The number of nitrogens with zero attached hydrogens (tertiary/aromatic N) is 5. The van der Waals surface area contributed by atoms with Crippen LogP contribution in [-0.2, 0) is 22.9 Å². The summed E-state index contributed by atoms with van der Waals surface area (Å²) in [4.78, 5) is 14.0. The summed E-state index contributed by atoms with van der Waals surface area (Å²) in [6.07, 6.45) is 0. The lowest BCUT2D eigenvalue weighted by Gasteiger charge is -2.27. The summed E-state index contributed by atoms with van der Waals surface area (Å²) in [6.45, 7) is 10.7. The minimum absolute atomic E-state index is 0.270. The highest BCUT2D eigenvalue weighted by Crippen LogP contribution is 2.11. The fourth-order valence-electron chi connectivity index (χ4n) is 2.59. The van der Waals surface area contributed by atoms with Crippen LogP contribution in [0.2, 0.25) is 0 Å². The molecule has 2 heterocycles. The largest absolute Gasteiger partial charge is 0.468 e. The minimum Gasteiger partial charge on any atom is -0.468 e. The van der Waals surface area contributed by atoms with Crippen molar-refractivity contribution in [1.82, 2.24) is 24.5 Å². The Morgan fingerprint density at radius 1 is 1.09 bits per heavy atom. The van der Waals surface area contributed by atoms with Crippen molar-refractivity contribution in [2.45, 2.75) is 54.0 Å². The SMILES string of the molecule is COC(=O)[C@H](C)N(Cn1nc(C)cc1C)Cn1nc(C)cc1C. The molecule has 0 saturated carbocycles. The number of esters is 1. The first kappa shape index (κ1) is 17.2. The quantitative estimate of drug-likeness (QED) is 0.760. The number of hydrogen-bond acceptors (Lipinski definition) is 5. The van der Waals surface area contributed by atoms with E-state index in [1.165, 1.54) is 7.11 Å². The van der Waals surface area contributed by atoms with Crippen LogP contribution in [0.15, 0.2) is 12.1 Å². The van der Waals surface area contributed by atoms with Gasteiger partial charge in [-0.25, -0.2) is 0 Å². The number of ether oxygens (including phenoxy) is 1. The molecule has 0 unspecified atom stereocenters. The van der Waals surface area contributed by atoms with Crippen LogP contribution < -0.4 is 0 Å². The lowest BCUT2D eigenvalue weighted by molar-refractivity contribution is -0.148. The topological polar surface area (TPSA) is 65.2 Å². The van der Waals surface area contributed by atoms with E-state index in [1.54, 1.807) is 0 Å². The fourth-order valence-corrected chi connectivity index (χ4v) is 2.59. The van der Waals surface area contributed by atoms with Gasteiger partial charge in [0.25, 0.3) is 0 Å². The molecule has 2 aromatic heterocycles. The maximum atomic E-state index is 12.0. The predicted octanol–water partition coefficient (Wildman–Crippen LogP) is 1.79. The Morgan fingerprint density at radius 3 is 1.83 bits per heavy atom. The molecule has 2 rings (SSSR count). The Morgan fingerprint density at radius 2 is 1.52 bits per heavy atom. The van der Waals surface area contributed by atoms with Crippen LogP contribution in [0.5, 0.6) is 0 Å². The molecule has 23 heavy (non-hydrogen) atoms. The van der Waals surface area contributed by atoms with Gasteiger partial charge in [0.1, 0.15) is 6.04 Å². The highest BCUT2D eigenvalue weighted by Gasteiger charge is 2.24. The highest BCUT2D eigenvalue weighted by molar-refractivity contribution is 5.74. The monoisotopic (exact) mass is 319 g/mol. The van der Waals surface area contributed by atoms with Crippen molar-refractivity contribution in [2.75, 3.05) is 7.11 Å². The van der Waals surface area contributed by atoms with E-state index < -0.39 is 6.04 Å². The molecule has 0 aliphatic rings. The number of aromatic nitrogens is 4. The zero-order valence-electron chi connectivity index (χ0n) is 14.7. The van der Waals surface area contributed by atoms with Gasteiger partial charge < -0.3 is 4.74 Å². The number of methoxy groups -OCH3 is 1. The van der Waals surface area contributed by atoms with Gasteiger partial charge in [-0.2, -0.15) is 10.2 Å². The van der Waals surface area contributed by atoms with Crippen LogP contribution in [0.1, 0.15) is 29.7 Å². The molecule has 7 heteroatoms. The Labute approximate surface area is 136 Å². The van der Waals surface area contributed by atoms with E-state index in [-0.39, 0.29) is 5.97 Å². The third-order valence-electron chi connectivity index (χ3n) is 3.93. The Balaban J connectivity index is 2.26. The number of carbonyl (C=O) groups excluding carboxylic acids is 1. The van der Waals surface area contributed by atoms with Crippen LogP contribution in [0, 0.1) is 27.7 Å². The first-order valence-corrected chi connectivity index (χ1v) is 7.65. The van der Waals surface area contributed by atoms with Crippen LogP contribution in [0.4, 0.5) is 0 Å². The van der Waals surface area contributed by atoms with Crippen molar-refractivity contribution in [3.63, 3.8) is 0 Å². The second-order valence-electron chi connectivity index (χ2n) is 5.92. The number of aryl methyl sites for hydroxylation is 4. The summed E-state index contributed by atoms with van der Waals surface area (Å²) >= 11 is 0. The predicted molar refractivity (Wildman–Crippen MR) is 86.7 cm³/mol. The van der Waals surface area contributed by atoms with Gasteiger partial charge in [0.15, 0.2) is 0 Å². The average Bonchev–Trinajstić information content (AvgIpc) is 2.97. The number of carbonyl (C=O) groups is 1. The maximum absolute atomic E-state index is 12.0. The molecular formula is C16H25N5O2.